The fraction of sp³-hybridized carbons (Fsp3) is 0. The van der Waals surface area contributed by atoms with Gasteiger partial charge in [-0.1, -0.05) is 103 Å². The summed E-state index contributed by atoms with van der Waals surface area (Å²) < 4.78 is 17.8. The molecule has 15 rings (SSSR count). The predicted molar refractivity (Wildman–Crippen MR) is 270 cm³/mol. The summed E-state index contributed by atoms with van der Waals surface area (Å²) in [7, 11) is 0. The smallest absolute Gasteiger partial charge is 0.136 e. The van der Waals surface area contributed by atoms with Gasteiger partial charge in [0.2, 0.25) is 0 Å². The molecule has 0 fully saturated rings. The molecular weight excluding hydrogens is 795 g/mol. The maximum absolute atomic E-state index is 6.49. The summed E-state index contributed by atoms with van der Waals surface area (Å²) in [5, 5.41) is 11.5. The number of aromatic nitrogens is 3. The molecule has 0 radical (unpaired) electrons. The molecule has 0 aliphatic heterocycles. The summed E-state index contributed by atoms with van der Waals surface area (Å²) in [5.74, 6) is 0. The predicted octanol–water partition coefficient (Wildman–Crippen LogP) is 16.6. The number of benzene rings is 10. The van der Waals surface area contributed by atoms with Crippen LogP contribution in [0.3, 0.4) is 0 Å². The average Bonchev–Trinajstić information content (AvgIpc) is 4.17. The average molecular weight is 830 g/mol. The largest absolute Gasteiger partial charge is 0.456 e. The third-order valence-corrected chi connectivity index (χ3v) is 13.8. The topological polar surface area (TPSA) is 51.9 Å². The highest BCUT2D eigenvalue weighted by Crippen LogP contribution is 2.44. The minimum absolute atomic E-state index is 0.890. The lowest BCUT2D eigenvalue weighted by Crippen LogP contribution is -1.93. The van der Waals surface area contributed by atoms with E-state index in [0.29, 0.717) is 0 Å². The van der Waals surface area contributed by atoms with E-state index in [2.05, 4.69) is 208 Å². The van der Waals surface area contributed by atoms with Crippen molar-refractivity contribution in [3.05, 3.63) is 206 Å². The maximum atomic E-state index is 6.49. The number of para-hydroxylation sites is 5. The Morgan fingerprint density at radius 2 is 0.769 bits per heavy atom. The first kappa shape index (κ1) is 34.7. The highest BCUT2D eigenvalue weighted by atomic mass is 16.3. The molecule has 0 unspecified atom stereocenters. The zero-order valence-electron chi connectivity index (χ0n) is 34.8. The number of nitrogens with one attached hydrogen (secondary N) is 1. The molecule has 0 aliphatic rings. The molecule has 5 aromatic heterocycles. The van der Waals surface area contributed by atoms with Crippen molar-refractivity contribution in [2.75, 3.05) is 0 Å². The van der Waals surface area contributed by atoms with E-state index in [1.807, 2.05) is 12.1 Å². The van der Waals surface area contributed by atoms with Crippen LogP contribution < -0.4 is 0 Å². The van der Waals surface area contributed by atoms with Crippen molar-refractivity contribution in [2.24, 2.45) is 0 Å². The van der Waals surface area contributed by atoms with Crippen molar-refractivity contribution in [3.63, 3.8) is 0 Å². The van der Waals surface area contributed by atoms with E-state index in [1.54, 1.807) is 0 Å². The Labute approximate surface area is 370 Å². The molecule has 5 nitrogen and oxygen atoms in total. The van der Waals surface area contributed by atoms with Gasteiger partial charge in [-0.3, -0.25) is 0 Å². The third kappa shape index (κ3) is 4.92. The second-order valence-electron chi connectivity index (χ2n) is 17.4. The minimum atomic E-state index is 0.890. The van der Waals surface area contributed by atoms with Gasteiger partial charge in [-0.2, -0.15) is 0 Å². The van der Waals surface area contributed by atoms with Crippen LogP contribution in [0.25, 0.3) is 143 Å². The Hall–Kier alpha value is -8.80. The summed E-state index contributed by atoms with van der Waals surface area (Å²) in [4.78, 5) is 3.85. The lowest BCUT2D eigenvalue weighted by Gasteiger charge is -2.11. The lowest BCUT2D eigenvalue weighted by molar-refractivity contribution is 0.669. The number of hydrogen-bond acceptors (Lipinski definition) is 2. The summed E-state index contributed by atoms with van der Waals surface area (Å²) in [5.41, 5.74) is 17.3. The van der Waals surface area contributed by atoms with Crippen LogP contribution in [0.4, 0.5) is 0 Å². The normalized spacial score (nSPS) is 12.3. The highest BCUT2D eigenvalue weighted by Gasteiger charge is 2.21. The molecule has 0 amide bonds. The fourth-order valence-electron chi connectivity index (χ4n) is 10.9. The molecule has 65 heavy (non-hydrogen) atoms. The number of aromatic amines is 1. The van der Waals surface area contributed by atoms with Gasteiger partial charge in [0.05, 0.1) is 27.6 Å². The molecule has 15 aromatic rings. The monoisotopic (exact) mass is 829 g/mol. The van der Waals surface area contributed by atoms with E-state index < -0.39 is 0 Å². The van der Waals surface area contributed by atoms with Gasteiger partial charge < -0.3 is 23.0 Å². The Morgan fingerprint density at radius 1 is 0.292 bits per heavy atom. The first-order valence-electron chi connectivity index (χ1n) is 22.2. The van der Waals surface area contributed by atoms with Crippen molar-refractivity contribution >= 4 is 109 Å². The first-order chi connectivity index (χ1) is 32.2. The molecule has 1 N–H and O–H groups in total. The quantitative estimate of drug-likeness (QED) is 0.192. The summed E-state index contributed by atoms with van der Waals surface area (Å²) in [6.45, 7) is 0. The Kier molecular flexibility index (Phi) is 6.89. The molecule has 0 saturated carbocycles. The lowest BCUT2D eigenvalue weighted by atomic mass is 9.94. The van der Waals surface area contributed by atoms with Crippen molar-refractivity contribution in [2.45, 2.75) is 0 Å². The zero-order chi connectivity index (χ0) is 42.3. The number of hydrogen-bond donors (Lipinski definition) is 1. The molecule has 0 saturated heterocycles. The van der Waals surface area contributed by atoms with Gasteiger partial charge >= 0.3 is 0 Å². The maximum Gasteiger partial charge on any atom is 0.136 e. The molecule has 0 atom stereocenters. The molecule has 5 heterocycles. The number of furan rings is 2. The SMILES string of the molecule is c1ccc(-n2c3ccc(-c4cc(-c5ccc6c(c5)c5cc7oc8ccccc8c7cc5n6-c5ccccc5)c5[nH]c6ccccc6c5c4)cc3c3cc4oc5ccccc5c4cc32)cc1. The summed E-state index contributed by atoms with van der Waals surface area (Å²) in [6.07, 6.45) is 0. The Morgan fingerprint density at radius 3 is 1.37 bits per heavy atom. The standard InChI is InChI=1S/C60H35N3O2/c1-3-13-38(14-4-1)62-52-25-23-35(27-44(52)46-33-58-48(31-54(46)62)41-18-8-11-21-56(41)64-58)37-29-43(60-50(30-37)40-17-7-10-20-51(40)61-60)36-24-26-53-45(28-36)47-34-59-49(42-19-9-12-22-57(42)65-59)32-55(47)63(53)39-15-5-2-6-16-39/h1-34,61H. The zero-order valence-corrected chi connectivity index (χ0v) is 34.8. The molecule has 10 aromatic carbocycles. The van der Waals surface area contributed by atoms with E-state index in [1.165, 1.54) is 21.5 Å². The van der Waals surface area contributed by atoms with Crippen molar-refractivity contribution in [3.8, 4) is 33.6 Å². The van der Waals surface area contributed by atoms with Crippen molar-refractivity contribution in [1.29, 1.82) is 0 Å². The van der Waals surface area contributed by atoms with Crippen LogP contribution >= 0.6 is 0 Å². The highest BCUT2D eigenvalue weighted by molar-refractivity contribution is 6.20. The van der Waals surface area contributed by atoms with Gasteiger partial charge in [0, 0.05) is 76.3 Å². The Balaban J connectivity index is 0.987. The molecule has 5 heteroatoms. The first-order valence-corrected chi connectivity index (χ1v) is 22.2. The third-order valence-electron chi connectivity index (χ3n) is 13.8. The minimum Gasteiger partial charge on any atom is -0.456 e. The molecular formula is C60H35N3O2. The van der Waals surface area contributed by atoms with Gasteiger partial charge in [-0.05, 0) is 120 Å². The van der Waals surface area contributed by atoms with Crippen molar-refractivity contribution < 1.29 is 8.83 Å². The van der Waals surface area contributed by atoms with Gasteiger partial charge in [0.15, 0.2) is 0 Å². The molecule has 0 aliphatic carbocycles. The van der Waals surface area contributed by atoms with Gasteiger partial charge in [-0.15, -0.1) is 0 Å². The van der Waals surface area contributed by atoms with Gasteiger partial charge in [0.1, 0.15) is 22.3 Å². The number of rotatable bonds is 4. The van der Waals surface area contributed by atoms with Gasteiger partial charge in [-0.25, -0.2) is 0 Å². The van der Waals surface area contributed by atoms with E-state index in [-0.39, 0.29) is 0 Å². The second kappa shape index (κ2) is 12.9. The molecule has 0 bridgehead atoms. The van der Waals surface area contributed by atoms with Gasteiger partial charge in [0.25, 0.3) is 0 Å². The van der Waals surface area contributed by atoms with E-state index in [0.717, 1.165) is 121 Å². The van der Waals surface area contributed by atoms with E-state index in [9.17, 15) is 0 Å². The fourth-order valence-corrected chi connectivity index (χ4v) is 10.9. The van der Waals surface area contributed by atoms with Crippen LogP contribution in [0.2, 0.25) is 0 Å². The molecule has 0 spiro atoms. The van der Waals surface area contributed by atoms with E-state index >= 15 is 0 Å². The van der Waals surface area contributed by atoms with Crippen LogP contribution in [0, 0.1) is 0 Å². The van der Waals surface area contributed by atoms with E-state index in [4.69, 9.17) is 8.83 Å². The van der Waals surface area contributed by atoms with Crippen LogP contribution in [0.1, 0.15) is 0 Å². The Bertz CT molecular complexity index is 4460. The van der Waals surface area contributed by atoms with Crippen LogP contribution in [0.5, 0.6) is 0 Å². The number of fused-ring (bicyclic) bond motifs is 15. The summed E-state index contributed by atoms with van der Waals surface area (Å²) in [6, 6.07) is 74.4. The van der Waals surface area contributed by atoms with Crippen LogP contribution in [0.15, 0.2) is 215 Å². The number of nitrogens with zero attached hydrogens (tertiary/aromatic N) is 2. The van der Waals surface area contributed by atoms with Crippen LogP contribution in [-0.2, 0) is 0 Å². The number of H-pyrrole nitrogens is 1. The van der Waals surface area contributed by atoms with Crippen LogP contribution in [-0.4, -0.2) is 14.1 Å². The van der Waals surface area contributed by atoms with Crippen molar-refractivity contribution in [1.82, 2.24) is 14.1 Å². The second-order valence-corrected chi connectivity index (χ2v) is 17.4. The summed E-state index contributed by atoms with van der Waals surface area (Å²) >= 11 is 0. The molecule has 302 valence electrons.